The summed E-state index contributed by atoms with van der Waals surface area (Å²) in [5, 5.41) is 2.25. The number of rotatable bonds is 8. The monoisotopic (exact) mass is 344 g/mol. The Hall–Kier alpha value is 1.31. The molecule has 0 atom stereocenters. The van der Waals surface area contributed by atoms with Crippen molar-refractivity contribution in [2.24, 2.45) is 11.3 Å². The molecule has 0 fully saturated rings. The van der Waals surface area contributed by atoms with Gasteiger partial charge in [-0.2, -0.15) is 11.8 Å². The Bertz CT molecular complexity index is 133. The van der Waals surface area contributed by atoms with E-state index in [4.69, 9.17) is 0 Å². The Labute approximate surface area is 110 Å². The molecule has 0 nitrogen and oxygen atoms in total. The standard InChI is InChI=1S/C11H22Br2S/c1-10(2)7-11(8-12,9-13)5-4-6-14-3/h10H,4-9H2,1-3H3. The topological polar surface area (TPSA) is 0 Å². The van der Waals surface area contributed by atoms with Gasteiger partial charge >= 0.3 is 0 Å². The molecule has 86 valence electrons. The van der Waals surface area contributed by atoms with E-state index in [-0.39, 0.29) is 0 Å². The van der Waals surface area contributed by atoms with Crippen molar-refractivity contribution in [2.75, 3.05) is 22.7 Å². The van der Waals surface area contributed by atoms with Gasteiger partial charge in [0, 0.05) is 10.7 Å². The highest BCUT2D eigenvalue weighted by Crippen LogP contribution is 2.36. The Morgan fingerprint density at radius 3 is 2.14 bits per heavy atom. The molecule has 0 aromatic rings. The molecule has 0 heterocycles. The van der Waals surface area contributed by atoms with Crippen LogP contribution in [0.5, 0.6) is 0 Å². The molecule has 0 saturated carbocycles. The van der Waals surface area contributed by atoms with Crippen LogP contribution in [0.3, 0.4) is 0 Å². The molecule has 0 spiro atoms. The zero-order valence-corrected chi connectivity index (χ0v) is 13.5. The van der Waals surface area contributed by atoms with Crippen molar-refractivity contribution >= 4 is 43.6 Å². The highest BCUT2D eigenvalue weighted by Gasteiger charge is 2.27. The van der Waals surface area contributed by atoms with Gasteiger partial charge in [0.05, 0.1) is 0 Å². The minimum Gasteiger partial charge on any atom is -0.165 e. The van der Waals surface area contributed by atoms with Crippen molar-refractivity contribution < 1.29 is 0 Å². The molecule has 0 aliphatic carbocycles. The van der Waals surface area contributed by atoms with E-state index >= 15 is 0 Å². The Morgan fingerprint density at radius 2 is 1.79 bits per heavy atom. The predicted molar refractivity (Wildman–Crippen MR) is 77.1 cm³/mol. The van der Waals surface area contributed by atoms with E-state index in [1.807, 2.05) is 11.8 Å². The number of alkyl halides is 2. The average molecular weight is 346 g/mol. The van der Waals surface area contributed by atoms with Crippen molar-refractivity contribution in [1.29, 1.82) is 0 Å². The lowest BCUT2D eigenvalue weighted by Crippen LogP contribution is -2.27. The molecule has 0 aliphatic rings. The molecule has 0 aromatic carbocycles. The van der Waals surface area contributed by atoms with Crippen LogP contribution in [0.1, 0.15) is 33.1 Å². The second-order valence-corrected chi connectivity index (χ2v) is 6.57. The van der Waals surface area contributed by atoms with Crippen LogP contribution >= 0.6 is 43.6 Å². The maximum Gasteiger partial charge on any atom is 0.00960 e. The molecule has 0 amide bonds. The van der Waals surface area contributed by atoms with Crippen LogP contribution in [0.4, 0.5) is 0 Å². The van der Waals surface area contributed by atoms with Crippen molar-refractivity contribution in [1.82, 2.24) is 0 Å². The third-order valence-electron chi connectivity index (χ3n) is 2.46. The minimum atomic E-state index is 0.476. The largest absolute Gasteiger partial charge is 0.165 e. The molecule has 0 aliphatic heterocycles. The molecule has 0 aromatic heterocycles. The fraction of sp³-hybridized carbons (Fsp3) is 1.00. The van der Waals surface area contributed by atoms with Gasteiger partial charge in [-0.05, 0) is 42.6 Å². The van der Waals surface area contributed by atoms with Gasteiger partial charge in [0.2, 0.25) is 0 Å². The fourth-order valence-electron chi connectivity index (χ4n) is 1.84. The Kier molecular flexibility index (Phi) is 9.25. The first kappa shape index (κ1) is 15.3. The number of hydrogen-bond donors (Lipinski definition) is 0. The van der Waals surface area contributed by atoms with E-state index in [1.54, 1.807) is 0 Å². The van der Waals surface area contributed by atoms with Gasteiger partial charge in [-0.3, -0.25) is 0 Å². The Morgan fingerprint density at radius 1 is 1.21 bits per heavy atom. The maximum atomic E-state index is 3.68. The summed E-state index contributed by atoms with van der Waals surface area (Å²) in [6.45, 7) is 4.63. The molecule has 0 radical (unpaired) electrons. The van der Waals surface area contributed by atoms with Crippen LogP contribution in [-0.4, -0.2) is 22.7 Å². The summed E-state index contributed by atoms with van der Waals surface area (Å²) in [6.07, 6.45) is 6.18. The van der Waals surface area contributed by atoms with E-state index in [0.717, 1.165) is 16.6 Å². The van der Waals surface area contributed by atoms with E-state index in [2.05, 4.69) is 52.0 Å². The Balaban J connectivity index is 4.07. The summed E-state index contributed by atoms with van der Waals surface area (Å²) >= 11 is 9.31. The molecular weight excluding hydrogens is 324 g/mol. The maximum absolute atomic E-state index is 3.68. The molecule has 0 saturated heterocycles. The summed E-state index contributed by atoms with van der Waals surface area (Å²) in [5.41, 5.74) is 0.476. The molecule has 0 unspecified atom stereocenters. The van der Waals surface area contributed by atoms with Gasteiger partial charge in [0.25, 0.3) is 0 Å². The van der Waals surface area contributed by atoms with Crippen molar-refractivity contribution in [3.8, 4) is 0 Å². The van der Waals surface area contributed by atoms with Crippen LogP contribution in [0.25, 0.3) is 0 Å². The number of halogens is 2. The van der Waals surface area contributed by atoms with Gasteiger partial charge in [0.15, 0.2) is 0 Å². The van der Waals surface area contributed by atoms with Crippen molar-refractivity contribution in [2.45, 2.75) is 33.1 Å². The van der Waals surface area contributed by atoms with E-state index in [0.29, 0.717) is 5.41 Å². The summed E-state index contributed by atoms with van der Waals surface area (Å²) in [7, 11) is 0. The first-order chi connectivity index (χ1) is 6.60. The van der Waals surface area contributed by atoms with Crippen molar-refractivity contribution in [3.63, 3.8) is 0 Å². The van der Waals surface area contributed by atoms with E-state index in [9.17, 15) is 0 Å². The molecule has 0 bridgehead atoms. The zero-order valence-electron chi connectivity index (χ0n) is 9.48. The number of thioether (sulfide) groups is 1. The molecule has 14 heavy (non-hydrogen) atoms. The van der Waals surface area contributed by atoms with Crippen LogP contribution in [-0.2, 0) is 0 Å². The fourth-order valence-corrected chi connectivity index (χ4v) is 4.22. The van der Waals surface area contributed by atoms with Crippen LogP contribution < -0.4 is 0 Å². The van der Waals surface area contributed by atoms with Crippen LogP contribution in [0.2, 0.25) is 0 Å². The lowest BCUT2D eigenvalue weighted by atomic mass is 9.80. The lowest BCUT2D eigenvalue weighted by molar-refractivity contribution is 0.282. The second-order valence-electron chi connectivity index (χ2n) is 4.46. The highest BCUT2D eigenvalue weighted by molar-refractivity contribution is 9.09. The van der Waals surface area contributed by atoms with E-state index in [1.165, 1.54) is 25.0 Å². The summed E-state index contributed by atoms with van der Waals surface area (Å²) in [4.78, 5) is 0. The van der Waals surface area contributed by atoms with Crippen LogP contribution in [0, 0.1) is 11.3 Å². The summed E-state index contributed by atoms with van der Waals surface area (Å²) in [6, 6.07) is 0. The third kappa shape index (κ3) is 6.02. The predicted octanol–water partition coefficient (Wildman–Crippen LogP) is 4.95. The highest BCUT2D eigenvalue weighted by atomic mass is 79.9. The van der Waals surface area contributed by atoms with Gasteiger partial charge in [-0.25, -0.2) is 0 Å². The van der Waals surface area contributed by atoms with Crippen molar-refractivity contribution in [3.05, 3.63) is 0 Å². The average Bonchev–Trinajstić information content (AvgIpc) is 2.16. The third-order valence-corrected chi connectivity index (χ3v) is 5.54. The molecule has 3 heteroatoms. The first-order valence-corrected chi connectivity index (χ1v) is 8.85. The summed E-state index contributed by atoms with van der Waals surface area (Å²) in [5.74, 6) is 2.08. The SMILES string of the molecule is CSCCCC(CBr)(CBr)CC(C)C. The minimum absolute atomic E-state index is 0.476. The molecule has 0 rings (SSSR count). The quantitative estimate of drug-likeness (QED) is 0.443. The normalized spacial score (nSPS) is 12.4. The van der Waals surface area contributed by atoms with Gasteiger partial charge in [-0.15, -0.1) is 0 Å². The zero-order chi connectivity index (χ0) is 11.0. The lowest BCUT2D eigenvalue weighted by Gasteiger charge is -2.31. The number of hydrogen-bond acceptors (Lipinski definition) is 1. The van der Waals surface area contributed by atoms with Gasteiger partial charge in [0.1, 0.15) is 0 Å². The second kappa shape index (κ2) is 8.46. The van der Waals surface area contributed by atoms with E-state index < -0.39 is 0 Å². The molecular formula is C11H22Br2S. The first-order valence-electron chi connectivity index (χ1n) is 5.21. The van der Waals surface area contributed by atoms with Gasteiger partial charge in [-0.1, -0.05) is 45.7 Å². The van der Waals surface area contributed by atoms with Gasteiger partial charge < -0.3 is 0 Å². The molecule has 0 N–H and O–H groups in total. The van der Waals surface area contributed by atoms with Crippen LogP contribution in [0.15, 0.2) is 0 Å². The smallest absolute Gasteiger partial charge is 0.00960 e. The summed E-state index contributed by atoms with van der Waals surface area (Å²) < 4.78 is 0.